The molecule has 5 heteroatoms. The Kier molecular flexibility index (Phi) is 6.39. The molecule has 2 N–H and O–H groups in total. The summed E-state index contributed by atoms with van der Waals surface area (Å²) in [6, 6.07) is 0.709. The minimum Gasteiger partial charge on any atom is -0.348 e. The molecule has 0 saturated carbocycles. The summed E-state index contributed by atoms with van der Waals surface area (Å²) in [5.41, 5.74) is 2.46. The first-order chi connectivity index (χ1) is 11.0. The zero-order valence-electron chi connectivity index (χ0n) is 14.8. The van der Waals surface area contributed by atoms with Gasteiger partial charge in [-0.3, -0.25) is 9.48 Å². The van der Waals surface area contributed by atoms with E-state index in [2.05, 4.69) is 49.5 Å². The lowest BCUT2D eigenvalue weighted by atomic mass is 9.92. The predicted octanol–water partition coefficient (Wildman–Crippen LogP) is 2.95. The second-order valence-corrected chi connectivity index (χ2v) is 6.75. The van der Waals surface area contributed by atoms with Crippen molar-refractivity contribution in [3.05, 3.63) is 29.6 Å². The van der Waals surface area contributed by atoms with Crippen molar-refractivity contribution in [2.24, 2.45) is 0 Å². The van der Waals surface area contributed by atoms with E-state index in [1.165, 1.54) is 5.57 Å². The third-order valence-corrected chi connectivity index (χ3v) is 4.39. The zero-order valence-corrected chi connectivity index (χ0v) is 14.8. The van der Waals surface area contributed by atoms with Crippen molar-refractivity contribution in [1.82, 2.24) is 20.4 Å². The van der Waals surface area contributed by atoms with E-state index in [-0.39, 0.29) is 18.0 Å². The van der Waals surface area contributed by atoms with E-state index in [1.54, 1.807) is 0 Å². The van der Waals surface area contributed by atoms with Gasteiger partial charge in [0, 0.05) is 36.8 Å². The first-order valence-corrected chi connectivity index (χ1v) is 8.70. The van der Waals surface area contributed by atoms with Crippen LogP contribution in [-0.2, 0) is 11.3 Å². The smallest absolute Gasteiger partial charge is 0.220 e. The molecule has 23 heavy (non-hydrogen) atoms. The Morgan fingerprint density at radius 2 is 2.35 bits per heavy atom. The molecular formula is C18H30N4O. The summed E-state index contributed by atoms with van der Waals surface area (Å²) >= 11 is 0. The van der Waals surface area contributed by atoms with Crippen LogP contribution in [0.25, 0.3) is 0 Å². The van der Waals surface area contributed by atoms with Crippen LogP contribution in [0.5, 0.6) is 0 Å². The van der Waals surface area contributed by atoms with Crippen LogP contribution < -0.4 is 10.6 Å². The average molecular weight is 318 g/mol. The van der Waals surface area contributed by atoms with E-state index in [0.717, 1.165) is 31.4 Å². The molecular weight excluding hydrogens is 288 g/mol. The number of carbonyl (C=O) groups is 1. The fourth-order valence-corrected chi connectivity index (χ4v) is 3.08. The number of nitrogens with one attached hydrogen (secondary N) is 2. The molecule has 1 aliphatic rings. The highest BCUT2D eigenvalue weighted by Crippen LogP contribution is 2.24. The van der Waals surface area contributed by atoms with E-state index >= 15 is 0 Å². The summed E-state index contributed by atoms with van der Waals surface area (Å²) in [5, 5.41) is 11.2. The summed E-state index contributed by atoms with van der Waals surface area (Å²) in [6.07, 6.45) is 9.87. The highest BCUT2D eigenvalue weighted by molar-refractivity contribution is 5.77. The van der Waals surface area contributed by atoms with Crippen LogP contribution >= 0.6 is 0 Å². The van der Waals surface area contributed by atoms with E-state index in [9.17, 15) is 4.79 Å². The molecule has 2 rings (SSSR count). The molecule has 0 spiro atoms. The van der Waals surface area contributed by atoms with Gasteiger partial charge in [-0.25, -0.2) is 0 Å². The fraction of sp³-hybridized carbons (Fsp3) is 0.667. The Bertz CT molecular complexity index is 545. The Morgan fingerprint density at radius 1 is 1.57 bits per heavy atom. The Balaban J connectivity index is 1.99. The van der Waals surface area contributed by atoms with Crippen LogP contribution in [0.4, 0.5) is 0 Å². The van der Waals surface area contributed by atoms with E-state index in [0.29, 0.717) is 12.5 Å². The largest absolute Gasteiger partial charge is 0.348 e. The van der Waals surface area contributed by atoms with E-state index < -0.39 is 0 Å². The zero-order chi connectivity index (χ0) is 16.8. The summed E-state index contributed by atoms with van der Waals surface area (Å²) in [6.45, 7) is 9.41. The number of piperidine rings is 1. The maximum Gasteiger partial charge on any atom is 0.220 e. The van der Waals surface area contributed by atoms with Crippen LogP contribution in [0, 0.1) is 0 Å². The van der Waals surface area contributed by atoms with Gasteiger partial charge in [0.2, 0.25) is 5.91 Å². The quantitative estimate of drug-likeness (QED) is 0.760. The predicted molar refractivity (Wildman–Crippen MR) is 93.1 cm³/mol. The minimum atomic E-state index is 0.0162. The lowest BCUT2D eigenvalue weighted by Gasteiger charge is -2.34. The maximum absolute atomic E-state index is 11.8. The number of rotatable bonds is 7. The van der Waals surface area contributed by atoms with Crippen molar-refractivity contribution >= 4 is 5.91 Å². The molecule has 0 aromatic carbocycles. The van der Waals surface area contributed by atoms with E-state index in [1.807, 2.05) is 17.1 Å². The molecule has 2 heterocycles. The van der Waals surface area contributed by atoms with Gasteiger partial charge in [-0.2, -0.15) is 5.10 Å². The van der Waals surface area contributed by atoms with Gasteiger partial charge < -0.3 is 10.6 Å². The van der Waals surface area contributed by atoms with Crippen LogP contribution in [-0.4, -0.2) is 27.8 Å². The molecule has 1 aromatic rings. The second kappa shape index (κ2) is 8.29. The molecule has 1 aliphatic heterocycles. The Hall–Kier alpha value is -1.62. The van der Waals surface area contributed by atoms with Crippen molar-refractivity contribution in [3.63, 3.8) is 0 Å². The molecule has 1 aromatic heterocycles. The van der Waals surface area contributed by atoms with Crippen LogP contribution in [0.15, 0.2) is 24.0 Å². The third-order valence-electron chi connectivity index (χ3n) is 4.39. The summed E-state index contributed by atoms with van der Waals surface area (Å²) in [7, 11) is 0. The molecule has 0 radical (unpaired) electrons. The summed E-state index contributed by atoms with van der Waals surface area (Å²) in [5.74, 6) is 0.134. The highest BCUT2D eigenvalue weighted by atomic mass is 16.1. The van der Waals surface area contributed by atoms with E-state index in [4.69, 9.17) is 0 Å². The Labute approximate surface area is 139 Å². The number of hydrogen-bond donors (Lipinski definition) is 2. The highest BCUT2D eigenvalue weighted by Gasteiger charge is 2.31. The van der Waals surface area contributed by atoms with Gasteiger partial charge in [0.25, 0.3) is 0 Å². The lowest BCUT2D eigenvalue weighted by Crippen LogP contribution is -2.50. The number of carbonyl (C=O) groups excluding carboxylic acids is 1. The van der Waals surface area contributed by atoms with Crippen molar-refractivity contribution in [2.75, 3.05) is 0 Å². The third kappa shape index (κ3) is 5.20. The molecule has 0 bridgehead atoms. The monoisotopic (exact) mass is 318 g/mol. The number of aryl methyl sites for hydroxylation is 1. The lowest BCUT2D eigenvalue weighted by molar-refractivity contribution is -0.124. The first-order valence-electron chi connectivity index (χ1n) is 8.70. The van der Waals surface area contributed by atoms with Gasteiger partial charge in [-0.1, -0.05) is 11.6 Å². The van der Waals surface area contributed by atoms with Crippen molar-refractivity contribution < 1.29 is 4.79 Å². The number of aromatic nitrogens is 2. The van der Waals surface area contributed by atoms with Gasteiger partial charge >= 0.3 is 0 Å². The summed E-state index contributed by atoms with van der Waals surface area (Å²) < 4.78 is 1.91. The van der Waals surface area contributed by atoms with Crippen LogP contribution in [0.1, 0.15) is 65.0 Å². The molecule has 5 nitrogen and oxygen atoms in total. The fourth-order valence-electron chi connectivity index (χ4n) is 3.08. The molecule has 1 amide bonds. The van der Waals surface area contributed by atoms with Gasteiger partial charge in [0.15, 0.2) is 0 Å². The number of allylic oxidation sites excluding steroid dienone is 2. The average Bonchev–Trinajstić information content (AvgIpc) is 2.97. The van der Waals surface area contributed by atoms with Gasteiger partial charge in [0.1, 0.15) is 0 Å². The maximum atomic E-state index is 11.8. The minimum absolute atomic E-state index is 0.0162. The van der Waals surface area contributed by atoms with Gasteiger partial charge in [-0.15, -0.1) is 0 Å². The van der Waals surface area contributed by atoms with Gasteiger partial charge in [-0.05, 0) is 47.0 Å². The van der Waals surface area contributed by atoms with Crippen molar-refractivity contribution in [2.45, 2.75) is 78.0 Å². The topological polar surface area (TPSA) is 59.0 Å². The Morgan fingerprint density at radius 3 is 3.00 bits per heavy atom. The molecule has 0 aliphatic carbocycles. The number of hydrogen-bond acceptors (Lipinski definition) is 3. The van der Waals surface area contributed by atoms with Crippen LogP contribution in [0.3, 0.4) is 0 Å². The molecule has 3 atom stereocenters. The van der Waals surface area contributed by atoms with Gasteiger partial charge in [0.05, 0.1) is 12.2 Å². The number of nitrogens with zero attached hydrogens (tertiary/aromatic N) is 2. The molecule has 128 valence electrons. The molecule has 0 unspecified atom stereocenters. The van der Waals surface area contributed by atoms with Crippen LogP contribution in [0.2, 0.25) is 0 Å². The number of amides is 1. The normalized spacial score (nSPS) is 22.5. The first kappa shape index (κ1) is 17.7. The second-order valence-electron chi connectivity index (χ2n) is 6.75. The van der Waals surface area contributed by atoms with Crippen molar-refractivity contribution in [1.29, 1.82) is 0 Å². The molecule has 1 saturated heterocycles. The van der Waals surface area contributed by atoms with Crippen molar-refractivity contribution in [3.8, 4) is 0 Å². The summed E-state index contributed by atoms with van der Waals surface area (Å²) in [4.78, 5) is 11.8. The standard InChI is InChI=1S/C18H30N4O/c1-5-22-12-15(11-19-22)18-16(9-10-17(23)21-18)20-14(4)8-6-7-13(2)3/h7,11-12,14,16,18,20H,5-6,8-10H2,1-4H3,(H,21,23)/t14-,16-,18+/m1/s1. The SMILES string of the molecule is CCn1cc([C@@H]2NC(=O)CC[C@H]2N[C@H](C)CCC=C(C)C)cn1. The molecule has 1 fully saturated rings.